The summed E-state index contributed by atoms with van der Waals surface area (Å²) in [5.41, 5.74) is 8.67. The van der Waals surface area contributed by atoms with E-state index in [1.165, 1.54) is 0 Å². The number of imidazole rings is 1. The molecule has 10 heteroatoms. The Bertz CT molecular complexity index is 1290. The second kappa shape index (κ2) is 10.5. The van der Waals surface area contributed by atoms with Crippen LogP contribution in [0, 0.1) is 0 Å². The molecule has 184 valence electrons. The summed E-state index contributed by atoms with van der Waals surface area (Å²) in [5.74, 6) is 0.703. The number of nitrogens with one attached hydrogen (secondary N) is 2. The summed E-state index contributed by atoms with van der Waals surface area (Å²) in [7, 11) is 1.60. The van der Waals surface area contributed by atoms with Crippen molar-refractivity contribution in [3.05, 3.63) is 58.9 Å². The molecule has 2 amide bonds. The summed E-state index contributed by atoms with van der Waals surface area (Å²) in [6.45, 7) is 2.58. The molecule has 0 spiro atoms. The maximum atomic E-state index is 13.4. The molecule has 0 radical (unpaired) electrons. The van der Waals surface area contributed by atoms with Gasteiger partial charge in [0.2, 0.25) is 0 Å². The van der Waals surface area contributed by atoms with Gasteiger partial charge < -0.3 is 25.7 Å². The fourth-order valence-corrected chi connectivity index (χ4v) is 4.38. The van der Waals surface area contributed by atoms with Crippen LogP contribution in [0.1, 0.15) is 57.9 Å². The van der Waals surface area contributed by atoms with Gasteiger partial charge in [0.15, 0.2) is 0 Å². The highest BCUT2D eigenvalue weighted by molar-refractivity contribution is 6.09. The number of rotatable bonds is 10. The van der Waals surface area contributed by atoms with Crippen molar-refractivity contribution in [3.63, 3.8) is 0 Å². The van der Waals surface area contributed by atoms with Crippen molar-refractivity contribution >= 4 is 28.7 Å². The van der Waals surface area contributed by atoms with Crippen LogP contribution in [-0.2, 0) is 13.1 Å². The molecule has 3 aromatic rings. The third-order valence-corrected chi connectivity index (χ3v) is 6.08. The molecular formula is C25H29FN6O3. The van der Waals surface area contributed by atoms with E-state index in [0.717, 1.165) is 16.6 Å². The number of aliphatic imine (C=N–C) groups is 1. The van der Waals surface area contributed by atoms with Crippen molar-refractivity contribution in [1.29, 1.82) is 0 Å². The normalized spacial score (nSPS) is 14.0. The average molecular weight is 481 g/mol. The number of amidine groups is 1. The number of amides is 2. The fraction of sp³-hybridized carbons (Fsp3) is 0.360. The quantitative estimate of drug-likeness (QED) is 0.234. The molecule has 4 N–H and O–H groups in total. The topological polar surface area (TPSA) is 124 Å². The minimum absolute atomic E-state index is 0.0515. The molecular weight excluding hydrogens is 451 g/mol. The van der Waals surface area contributed by atoms with E-state index in [-0.39, 0.29) is 17.6 Å². The van der Waals surface area contributed by atoms with Crippen molar-refractivity contribution in [1.82, 2.24) is 20.2 Å². The number of benzene rings is 2. The Labute approximate surface area is 202 Å². The Morgan fingerprint density at radius 2 is 2.20 bits per heavy atom. The number of nitrogens with zero attached hydrogens (tertiary/aromatic N) is 3. The predicted octanol–water partition coefficient (Wildman–Crippen LogP) is 2.89. The predicted molar refractivity (Wildman–Crippen MR) is 131 cm³/mol. The summed E-state index contributed by atoms with van der Waals surface area (Å²) in [6.07, 6.45) is 1.05. The van der Waals surface area contributed by atoms with Crippen LogP contribution in [0.25, 0.3) is 11.0 Å². The van der Waals surface area contributed by atoms with E-state index in [1.54, 1.807) is 19.2 Å². The Morgan fingerprint density at radius 3 is 2.94 bits per heavy atom. The molecule has 2 aromatic carbocycles. The SMILES string of the molecule is CCn1c([C@H](CCCN=C(N)CF)NC(=O)c2cccc3c2C(=O)NC3)nc2cc(OC)ccc21. The zero-order valence-corrected chi connectivity index (χ0v) is 19.8. The van der Waals surface area contributed by atoms with Gasteiger partial charge in [-0.1, -0.05) is 12.1 Å². The molecule has 0 fully saturated rings. The number of methoxy groups -OCH3 is 1. The highest BCUT2D eigenvalue weighted by Gasteiger charge is 2.28. The minimum atomic E-state index is -0.797. The summed E-state index contributed by atoms with van der Waals surface area (Å²) in [5, 5.41) is 5.84. The number of alkyl halides is 1. The van der Waals surface area contributed by atoms with E-state index < -0.39 is 12.7 Å². The molecule has 2 heterocycles. The van der Waals surface area contributed by atoms with Crippen LogP contribution in [0.4, 0.5) is 4.39 Å². The van der Waals surface area contributed by atoms with Gasteiger partial charge >= 0.3 is 0 Å². The number of nitrogens with two attached hydrogens (primary N) is 1. The van der Waals surface area contributed by atoms with Gasteiger partial charge in [-0.15, -0.1) is 0 Å². The second-order valence-electron chi connectivity index (χ2n) is 8.27. The third kappa shape index (κ3) is 4.96. The first kappa shape index (κ1) is 24.2. The molecule has 0 saturated heterocycles. The van der Waals surface area contributed by atoms with Gasteiger partial charge in [0, 0.05) is 25.7 Å². The van der Waals surface area contributed by atoms with E-state index in [1.807, 2.05) is 35.8 Å². The molecule has 9 nitrogen and oxygen atoms in total. The van der Waals surface area contributed by atoms with Gasteiger partial charge in [-0.25, -0.2) is 9.37 Å². The Kier molecular flexibility index (Phi) is 7.28. The highest BCUT2D eigenvalue weighted by Crippen LogP contribution is 2.28. The molecule has 4 rings (SSSR count). The van der Waals surface area contributed by atoms with E-state index in [2.05, 4.69) is 15.6 Å². The molecule has 1 aromatic heterocycles. The van der Waals surface area contributed by atoms with Crippen LogP contribution in [0.3, 0.4) is 0 Å². The summed E-state index contributed by atoms with van der Waals surface area (Å²) < 4.78 is 20.0. The van der Waals surface area contributed by atoms with Gasteiger partial charge in [0.05, 0.1) is 35.3 Å². The van der Waals surface area contributed by atoms with Crippen LogP contribution in [-0.4, -0.2) is 47.5 Å². The Morgan fingerprint density at radius 1 is 1.37 bits per heavy atom. The minimum Gasteiger partial charge on any atom is -0.497 e. The molecule has 1 aliphatic heterocycles. The number of aryl methyl sites for hydroxylation is 1. The van der Waals surface area contributed by atoms with E-state index in [4.69, 9.17) is 15.5 Å². The summed E-state index contributed by atoms with van der Waals surface area (Å²) in [6, 6.07) is 10.4. The molecule has 1 aliphatic rings. The largest absolute Gasteiger partial charge is 0.497 e. The number of fused-ring (bicyclic) bond motifs is 2. The molecule has 0 unspecified atom stereocenters. The molecule has 1 atom stereocenters. The molecule has 0 aliphatic carbocycles. The summed E-state index contributed by atoms with van der Waals surface area (Å²) >= 11 is 0. The summed E-state index contributed by atoms with van der Waals surface area (Å²) in [4.78, 5) is 34.6. The van der Waals surface area contributed by atoms with Gasteiger partial charge in [-0.3, -0.25) is 14.6 Å². The number of carbonyl (C=O) groups excluding carboxylic acids is 2. The van der Waals surface area contributed by atoms with E-state index >= 15 is 0 Å². The number of hydrogen-bond acceptors (Lipinski definition) is 5. The molecule has 0 bridgehead atoms. The lowest BCUT2D eigenvalue weighted by Crippen LogP contribution is -2.32. The number of carbonyl (C=O) groups is 2. The van der Waals surface area contributed by atoms with E-state index in [9.17, 15) is 14.0 Å². The number of hydrogen-bond donors (Lipinski definition) is 3. The number of aromatic nitrogens is 2. The molecule has 35 heavy (non-hydrogen) atoms. The maximum Gasteiger partial charge on any atom is 0.252 e. The zero-order chi connectivity index (χ0) is 24.9. The van der Waals surface area contributed by atoms with Crippen LogP contribution in [0.2, 0.25) is 0 Å². The monoisotopic (exact) mass is 480 g/mol. The van der Waals surface area contributed by atoms with Gasteiger partial charge in [-0.2, -0.15) is 0 Å². The lowest BCUT2D eigenvalue weighted by atomic mass is 10.0. The highest BCUT2D eigenvalue weighted by atomic mass is 19.1. The molecule has 0 saturated carbocycles. The van der Waals surface area contributed by atoms with Crippen molar-refractivity contribution in [3.8, 4) is 5.75 Å². The van der Waals surface area contributed by atoms with Crippen LogP contribution >= 0.6 is 0 Å². The van der Waals surface area contributed by atoms with Gasteiger partial charge in [0.1, 0.15) is 24.1 Å². The first-order valence-electron chi connectivity index (χ1n) is 11.6. The van der Waals surface area contributed by atoms with Crippen molar-refractivity contribution in [2.24, 2.45) is 10.7 Å². The maximum absolute atomic E-state index is 13.4. The standard InChI is InChI=1S/C25H29FN6O3/c1-3-32-20-10-9-16(35-2)12-19(20)30-23(32)18(8-5-11-28-21(27)13-26)31-24(33)17-7-4-6-15-14-29-25(34)22(15)17/h4,6-7,9-10,12,18H,3,5,8,11,13-14H2,1-2H3,(H2,27,28)(H,29,34)(H,31,33)/t18-/m0/s1. The number of ether oxygens (including phenoxy) is 1. The van der Waals surface area contributed by atoms with Crippen LogP contribution in [0.5, 0.6) is 5.75 Å². The fourth-order valence-electron chi connectivity index (χ4n) is 4.38. The smallest absolute Gasteiger partial charge is 0.252 e. The zero-order valence-electron chi connectivity index (χ0n) is 19.8. The van der Waals surface area contributed by atoms with E-state index in [0.29, 0.717) is 55.2 Å². The Hall–Kier alpha value is -3.95. The Balaban J connectivity index is 1.68. The average Bonchev–Trinajstić information content (AvgIpc) is 3.45. The second-order valence-corrected chi connectivity index (χ2v) is 8.27. The number of halogens is 1. The van der Waals surface area contributed by atoms with Gasteiger partial charge in [-0.05, 0) is 43.5 Å². The van der Waals surface area contributed by atoms with Crippen molar-refractivity contribution < 1.29 is 18.7 Å². The van der Waals surface area contributed by atoms with Gasteiger partial charge in [0.25, 0.3) is 11.8 Å². The van der Waals surface area contributed by atoms with Crippen molar-refractivity contribution in [2.45, 2.75) is 38.9 Å². The first-order chi connectivity index (χ1) is 17.0. The lowest BCUT2D eigenvalue weighted by molar-refractivity contribution is 0.0912. The van der Waals surface area contributed by atoms with Crippen molar-refractivity contribution in [2.75, 3.05) is 20.3 Å². The first-order valence-corrected chi connectivity index (χ1v) is 11.6. The lowest BCUT2D eigenvalue weighted by Gasteiger charge is -2.20. The third-order valence-electron chi connectivity index (χ3n) is 6.08. The van der Waals surface area contributed by atoms with Crippen LogP contribution < -0.4 is 21.1 Å². The van der Waals surface area contributed by atoms with Crippen LogP contribution in [0.15, 0.2) is 41.4 Å².